The molecule has 2 aliphatic heterocycles. The summed E-state index contributed by atoms with van der Waals surface area (Å²) in [5.41, 5.74) is 4.77. The molecule has 0 spiro atoms. The predicted octanol–water partition coefficient (Wildman–Crippen LogP) is 4.95. The Labute approximate surface area is 137 Å². The van der Waals surface area contributed by atoms with Crippen molar-refractivity contribution in [1.82, 2.24) is 4.90 Å². The average molecular weight is 307 g/mol. The van der Waals surface area contributed by atoms with Gasteiger partial charge in [-0.15, -0.1) is 0 Å². The fraction of sp³-hybridized carbons (Fsp3) is 0.333. The molecule has 2 unspecified atom stereocenters. The molecule has 0 aromatic heterocycles. The fourth-order valence-corrected chi connectivity index (χ4v) is 4.09. The summed E-state index contributed by atoms with van der Waals surface area (Å²) in [7, 11) is 0. The number of fused-ring (bicyclic) bond motifs is 2. The first-order valence-electron chi connectivity index (χ1n) is 8.47. The van der Waals surface area contributed by atoms with Crippen LogP contribution in [0.2, 0.25) is 0 Å². The molecule has 1 nitrogen and oxygen atoms in total. The van der Waals surface area contributed by atoms with E-state index in [1.807, 2.05) is 6.92 Å². The lowest BCUT2D eigenvalue weighted by Crippen LogP contribution is -2.37. The van der Waals surface area contributed by atoms with Crippen LogP contribution in [0.15, 0.2) is 54.6 Å². The Balaban J connectivity index is 1.59. The van der Waals surface area contributed by atoms with Gasteiger partial charge in [0.2, 0.25) is 0 Å². The molecule has 2 heterocycles. The molecule has 0 amide bonds. The first-order valence-corrected chi connectivity index (χ1v) is 8.47. The predicted molar refractivity (Wildman–Crippen MR) is 92.5 cm³/mol. The van der Waals surface area contributed by atoms with Crippen molar-refractivity contribution in [2.75, 3.05) is 0 Å². The quantitative estimate of drug-likeness (QED) is 0.775. The van der Waals surface area contributed by atoms with Gasteiger partial charge >= 0.3 is 0 Å². The molecule has 2 bridgehead atoms. The van der Waals surface area contributed by atoms with Crippen LogP contribution in [0.1, 0.15) is 36.0 Å². The Morgan fingerprint density at radius 1 is 1.09 bits per heavy atom. The van der Waals surface area contributed by atoms with E-state index in [-0.39, 0.29) is 5.82 Å². The minimum atomic E-state index is -0.125. The third kappa shape index (κ3) is 2.96. The maximum absolute atomic E-state index is 13.7. The number of rotatable bonds is 3. The van der Waals surface area contributed by atoms with Gasteiger partial charge in [-0.2, -0.15) is 0 Å². The normalized spacial score (nSPS) is 23.8. The van der Waals surface area contributed by atoms with E-state index in [4.69, 9.17) is 0 Å². The fourth-order valence-electron chi connectivity index (χ4n) is 4.09. The molecule has 0 radical (unpaired) electrons. The topological polar surface area (TPSA) is 3.24 Å². The van der Waals surface area contributed by atoms with E-state index in [0.717, 1.165) is 24.1 Å². The van der Waals surface area contributed by atoms with Gasteiger partial charge in [0.25, 0.3) is 0 Å². The van der Waals surface area contributed by atoms with E-state index < -0.39 is 0 Å². The third-order valence-corrected chi connectivity index (χ3v) is 5.16. The van der Waals surface area contributed by atoms with Gasteiger partial charge in [0.1, 0.15) is 5.82 Å². The Hall–Kier alpha value is -1.93. The molecular formula is C21H22FN. The highest BCUT2D eigenvalue weighted by Gasteiger charge is 2.36. The summed E-state index contributed by atoms with van der Waals surface area (Å²) in [5, 5.41) is 0. The standard InChI is InChI=1S/C21H22FN/c1-15-9-17(11-19(22)10-15)18-12-20-7-8-21(13-18)23(20)14-16-5-3-2-4-6-16/h2-6,9-12,20-21H,7-8,13-14H2,1H3. The number of halogens is 1. The summed E-state index contributed by atoms with van der Waals surface area (Å²) in [6.45, 7) is 2.98. The van der Waals surface area contributed by atoms with Crippen molar-refractivity contribution in [2.24, 2.45) is 0 Å². The molecule has 4 rings (SSSR count). The summed E-state index contributed by atoms with van der Waals surface area (Å²) in [6, 6.07) is 17.2. The van der Waals surface area contributed by atoms with E-state index in [0.29, 0.717) is 12.1 Å². The first-order chi connectivity index (χ1) is 11.2. The van der Waals surface area contributed by atoms with E-state index in [1.54, 1.807) is 12.1 Å². The van der Waals surface area contributed by atoms with Crippen LogP contribution in [-0.4, -0.2) is 17.0 Å². The van der Waals surface area contributed by atoms with E-state index in [9.17, 15) is 4.39 Å². The number of nitrogens with zero attached hydrogens (tertiary/aromatic N) is 1. The number of hydrogen-bond acceptors (Lipinski definition) is 1. The number of hydrogen-bond donors (Lipinski definition) is 0. The lowest BCUT2D eigenvalue weighted by molar-refractivity contribution is 0.203. The van der Waals surface area contributed by atoms with Crippen molar-refractivity contribution in [1.29, 1.82) is 0 Å². The van der Waals surface area contributed by atoms with Crippen molar-refractivity contribution in [3.63, 3.8) is 0 Å². The van der Waals surface area contributed by atoms with E-state index in [2.05, 4.69) is 47.4 Å². The van der Waals surface area contributed by atoms with Crippen molar-refractivity contribution in [3.05, 3.63) is 77.1 Å². The Morgan fingerprint density at radius 2 is 1.91 bits per heavy atom. The van der Waals surface area contributed by atoms with Crippen molar-refractivity contribution in [3.8, 4) is 0 Å². The first kappa shape index (κ1) is 14.6. The smallest absolute Gasteiger partial charge is 0.124 e. The molecule has 2 aromatic carbocycles. The second-order valence-electron chi connectivity index (χ2n) is 6.87. The summed E-state index contributed by atoms with van der Waals surface area (Å²) in [4.78, 5) is 2.62. The van der Waals surface area contributed by atoms with Crippen LogP contribution < -0.4 is 0 Å². The molecule has 23 heavy (non-hydrogen) atoms. The third-order valence-electron chi connectivity index (χ3n) is 5.16. The maximum atomic E-state index is 13.7. The maximum Gasteiger partial charge on any atom is 0.124 e. The summed E-state index contributed by atoms with van der Waals surface area (Å²) in [5.74, 6) is -0.125. The molecule has 2 aliphatic rings. The SMILES string of the molecule is Cc1cc(F)cc(C2=CC3CCC(C2)N3Cc2ccccc2)c1. The van der Waals surface area contributed by atoms with Crippen LogP contribution in [0.5, 0.6) is 0 Å². The zero-order valence-corrected chi connectivity index (χ0v) is 13.5. The van der Waals surface area contributed by atoms with Crippen molar-refractivity contribution in [2.45, 2.75) is 44.8 Å². The average Bonchev–Trinajstić information content (AvgIpc) is 2.77. The summed E-state index contributed by atoms with van der Waals surface area (Å²) >= 11 is 0. The van der Waals surface area contributed by atoms with Crippen LogP contribution in [0, 0.1) is 12.7 Å². The Morgan fingerprint density at radius 3 is 2.65 bits per heavy atom. The summed E-state index contributed by atoms with van der Waals surface area (Å²) in [6.07, 6.45) is 5.87. The minimum Gasteiger partial charge on any atom is -0.289 e. The zero-order chi connectivity index (χ0) is 15.8. The van der Waals surface area contributed by atoms with Crippen molar-refractivity contribution >= 4 is 5.57 Å². The largest absolute Gasteiger partial charge is 0.289 e. The molecule has 118 valence electrons. The van der Waals surface area contributed by atoms with E-state index >= 15 is 0 Å². The van der Waals surface area contributed by atoms with Crippen LogP contribution in [0.3, 0.4) is 0 Å². The lowest BCUT2D eigenvalue weighted by atomic mass is 9.93. The van der Waals surface area contributed by atoms with Gasteiger partial charge in [0.15, 0.2) is 0 Å². The van der Waals surface area contributed by atoms with Crippen LogP contribution in [0.4, 0.5) is 4.39 Å². The Bertz CT molecular complexity index is 715. The highest BCUT2D eigenvalue weighted by Crippen LogP contribution is 2.39. The molecule has 2 aromatic rings. The highest BCUT2D eigenvalue weighted by atomic mass is 19.1. The highest BCUT2D eigenvalue weighted by molar-refractivity contribution is 5.68. The van der Waals surface area contributed by atoms with Gasteiger partial charge in [-0.1, -0.05) is 42.5 Å². The van der Waals surface area contributed by atoms with Gasteiger partial charge in [-0.25, -0.2) is 4.39 Å². The van der Waals surface area contributed by atoms with Gasteiger partial charge in [0, 0.05) is 18.6 Å². The zero-order valence-electron chi connectivity index (χ0n) is 13.5. The van der Waals surface area contributed by atoms with Crippen LogP contribution in [-0.2, 0) is 6.54 Å². The monoisotopic (exact) mass is 307 g/mol. The van der Waals surface area contributed by atoms with Crippen molar-refractivity contribution < 1.29 is 4.39 Å². The van der Waals surface area contributed by atoms with Gasteiger partial charge in [-0.3, -0.25) is 4.90 Å². The molecule has 2 heteroatoms. The minimum absolute atomic E-state index is 0.125. The van der Waals surface area contributed by atoms with Gasteiger partial charge in [-0.05, 0) is 60.6 Å². The summed E-state index contributed by atoms with van der Waals surface area (Å²) < 4.78 is 13.7. The lowest BCUT2D eigenvalue weighted by Gasteiger charge is -2.34. The number of aryl methyl sites for hydroxylation is 1. The molecule has 1 saturated heterocycles. The molecular weight excluding hydrogens is 285 g/mol. The molecule has 1 fully saturated rings. The van der Waals surface area contributed by atoms with Crippen LogP contribution in [0.25, 0.3) is 5.57 Å². The molecule has 0 saturated carbocycles. The van der Waals surface area contributed by atoms with E-state index in [1.165, 1.54) is 24.0 Å². The van der Waals surface area contributed by atoms with Gasteiger partial charge in [0.05, 0.1) is 0 Å². The number of benzene rings is 2. The molecule has 0 aliphatic carbocycles. The van der Waals surface area contributed by atoms with Crippen LogP contribution >= 0.6 is 0 Å². The molecule has 2 atom stereocenters. The Kier molecular flexibility index (Phi) is 3.78. The van der Waals surface area contributed by atoms with Gasteiger partial charge < -0.3 is 0 Å². The molecule has 0 N–H and O–H groups in total. The second kappa shape index (κ2) is 5.93. The second-order valence-corrected chi connectivity index (χ2v) is 6.87.